The maximum absolute atomic E-state index is 6.17. The van der Waals surface area contributed by atoms with Gasteiger partial charge in [0.1, 0.15) is 0 Å². The van der Waals surface area contributed by atoms with Crippen LogP contribution in [0.15, 0.2) is 28.9 Å². The molecular weight excluding hydrogens is 324 g/mol. The highest BCUT2D eigenvalue weighted by atomic mass is 35.5. The lowest BCUT2D eigenvalue weighted by molar-refractivity contribution is 0.306. The number of hydrogen-bond acceptors (Lipinski definition) is 3. The highest BCUT2D eigenvalue weighted by Gasteiger charge is 2.31. The van der Waals surface area contributed by atoms with Gasteiger partial charge in [0, 0.05) is 23.8 Å². The predicted octanol–water partition coefficient (Wildman–Crippen LogP) is 5.88. The summed E-state index contributed by atoms with van der Waals surface area (Å²) in [5.41, 5.74) is 7.03. The van der Waals surface area contributed by atoms with Crippen LogP contribution in [0.3, 0.4) is 0 Å². The zero-order valence-electron chi connectivity index (χ0n) is 14.5. The first-order valence-electron chi connectivity index (χ1n) is 8.63. The van der Waals surface area contributed by atoms with Gasteiger partial charge in [0.2, 0.25) is 0 Å². The molecule has 2 N–H and O–H groups in total. The Hall–Kier alpha value is -0.800. The Labute approximate surface area is 149 Å². The first-order chi connectivity index (χ1) is 11.0. The van der Waals surface area contributed by atoms with Gasteiger partial charge >= 0.3 is 0 Å². The van der Waals surface area contributed by atoms with Gasteiger partial charge in [0.25, 0.3) is 0 Å². The van der Waals surface area contributed by atoms with Crippen molar-refractivity contribution in [3.8, 4) is 0 Å². The molecule has 0 amide bonds. The third-order valence-corrected chi connectivity index (χ3v) is 6.69. The van der Waals surface area contributed by atoms with Crippen LogP contribution >= 0.6 is 22.9 Å². The third kappa shape index (κ3) is 5.36. The Morgan fingerprint density at radius 3 is 2.74 bits per heavy atom. The van der Waals surface area contributed by atoms with E-state index in [9.17, 15) is 0 Å². The molecule has 2 nitrogen and oxygen atoms in total. The molecule has 1 aromatic heterocycles. The average Bonchev–Trinajstić information content (AvgIpc) is 2.90. The summed E-state index contributed by atoms with van der Waals surface area (Å²) in [5, 5.41) is 0. The van der Waals surface area contributed by atoms with Crippen molar-refractivity contribution in [3.63, 3.8) is 0 Å². The molecule has 1 aromatic rings. The van der Waals surface area contributed by atoms with Gasteiger partial charge in [-0.05, 0) is 67.6 Å². The Bertz CT molecular complexity index is 549. The Kier molecular flexibility index (Phi) is 7.16. The summed E-state index contributed by atoms with van der Waals surface area (Å²) >= 11 is 7.92. The van der Waals surface area contributed by atoms with Gasteiger partial charge in [-0.3, -0.25) is 4.99 Å². The van der Waals surface area contributed by atoms with Crippen LogP contribution in [-0.2, 0) is 0 Å². The fourth-order valence-electron chi connectivity index (χ4n) is 3.69. The summed E-state index contributed by atoms with van der Waals surface area (Å²) in [6, 6.07) is 4.27. The fourth-order valence-corrected chi connectivity index (χ4v) is 4.99. The first kappa shape index (κ1) is 18.5. The number of aliphatic imine (C=N–C) groups is 1. The van der Waals surface area contributed by atoms with Gasteiger partial charge in [0.05, 0.1) is 4.34 Å². The van der Waals surface area contributed by atoms with Crippen molar-refractivity contribution in [1.29, 1.82) is 0 Å². The van der Waals surface area contributed by atoms with E-state index in [0.717, 1.165) is 34.2 Å². The SMILES string of the molecule is CN=CC=C(N)CCC1C[C@@H](c2ccc(Cl)s2)[C@H](C)CCC1C. The molecule has 2 unspecified atom stereocenters. The zero-order valence-corrected chi connectivity index (χ0v) is 16.0. The summed E-state index contributed by atoms with van der Waals surface area (Å²) in [5.74, 6) is 2.88. The molecule has 1 heterocycles. The van der Waals surface area contributed by atoms with Crippen LogP contribution in [0.4, 0.5) is 0 Å². The number of hydrogen-bond donors (Lipinski definition) is 1. The summed E-state index contributed by atoms with van der Waals surface area (Å²) in [7, 11) is 1.77. The molecule has 1 aliphatic carbocycles. The zero-order chi connectivity index (χ0) is 16.8. The second kappa shape index (κ2) is 8.89. The van der Waals surface area contributed by atoms with Crippen molar-refractivity contribution >= 4 is 29.2 Å². The van der Waals surface area contributed by atoms with Gasteiger partial charge < -0.3 is 5.73 Å². The maximum Gasteiger partial charge on any atom is 0.0931 e. The van der Waals surface area contributed by atoms with Crippen LogP contribution in [0.1, 0.15) is 56.7 Å². The molecule has 128 valence electrons. The van der Waals surface area contributed by atoms with Crippen molar-refractivity contribution in [2.24, 2.45) is 28.5 Å². The van der Waals surface area contributed by atoms with E-state index in [1.54, 1.807) is 24.6 Å². The number of thiophene rings is 1. The van der Waals surface area contributed by atoms with Crippen LogP contribution in [0, 0.1) is 17.8 Å². The van der Waals surface area contributed by atoms with Gasteiger partial charge in [-0.1, -0.05) is 31.9 Å². The van der Waals surface area contributed by atoms with E-state index in [-0.39, 0.29) is 0 Å². The molecule has 0 spiro atoms. The minimum absolute atomic E-state index is 0.643. The first-order valence-corrected chi connectivity index (χ1v) is 9.82. The number of nitrogens with two attached hydrogens (primary N) is 1. The topological polar surface area (TPSA) is 38.4 Å². The van der Waals surface area contributed by atoms with E-state index in [1.165, 1.54) is 30.6 Å². The van der Waals surface area contributed by atoms with E-state index >= 15 is 0 Å². The number of rotatable bonds is 5. The molecule has 0 aromatic carbocycles. The summed E-state index contributed by atoms with van der Waals surface area (Å²) < 4.78 is 0.909. The van der Waals surface area contributed by atoms with Crippen LogP contribution in [0.5, 0.6) is 0 Å². The lowest BCUT2D eigenvalue weighted by Crippen LogP contribution is -2.15. The summed E-state index contributed by atoms with van der Waals surface area (Å²) in [6.45, 7) is 4.81. The number of allylic oxidation sites excluding steroid dienone is 2. The molecule has 4 heteroatoms. The Morgan fingerprint density at radius 2 is 2.09 bits per heavy atom. The molecule has 1 saturated carbocycles. The smallest absolute Gasteiger partial charge is 0.0931 e. The lowest BCUT2D eigenvalue weighted by atomic mass is 9.81. The van der Waals surface area contributed by atoms with Crippen molar-refractivity contribution in [1.82, 2.24) is 0 Å². The monoisotopic (exact) mass is 352 g/mol. The van der Waals surface area contributed by atoms with Crippen molar-refractivity contribution < 1.29 is 0 Å². The molecule has 0 aliphatic heterocycles. The standard InChI is InChI=1S/C19H29ClN2S/c1-13-4-5-14(2)17(18-8-9-19(20)23-18)12-15(13)6-7-16(21)10-11-22-3/h8-11,13-15,17H,4-7,12,21H2,1-3H3/t13?,14-,15?,17-/m1/s1. The Morgan fingerprint density at radius 1 is 1.35 bits per heavy atom. The van der Waals surface area contributed by atoms with Gasteiger partial charge in [-0.2, -0.15) is 0 Å². The van der Waals surface area contributed by atoms with Crippen molar-refractivity contribution in [3.05, 3.63) is 33.1 Å². The normalized spacial score (nSPS) is 29.8. The predicted molar refractivity (Wildman–Crippen MR) is 104 cm³/mol. The van der Waals surface area contributed by atoms with Crippen molar-refractivity contribution in [2.45, 2.75) is 51.9 Å². The maximum atomic E-state index is 6.17. The highest BCUT2D eigenvalue weighted by molar-refractivity contribution is 7.16. The van der Waals surface area contributed by atoms with E-state index < -0.39 is 0 Å². The lowest BCUT2D eigenvalue weighted by Gasteiger charge is -2.25. The molecular formula is C19H29ClN2S. The second-order valence-corrected chi connectivity index (χ2v) is 8.71. The largest absolute Gasteiger partial charge is 0.402 e. The number of halogens is 1. The molecule has 23 heavy (non-hydrogen) atoms. The molecule has 1 aliphatic rings. The number of nitrogens with zero attached hydrogens (tertiary/aromatic N) is 1. The molecule has 1 fully saturated rings. The molecule has 0 saturated heterocycles. The summed E-state index contributed by atoms with van der Waals surface area (Å²) in [6.07, 6.45) is 9.74. The van der Waals surface area contributed by atoms with Crippen LogP contribution in [0.2, 0.25) is 4.34 Å². The quantitative estimate of drug-likeness (QED) is 0.521. The van der Waals surface area contributed by atoms with E-state index in [0.29, 0.717) is 5.92 Å². The molecule has 0 bridgehead atoms. The summed E-state index contributed by atoms with van der Waals surface area (Å²) in [4.78, 5) is 5.43. The van der Waals surface area contributed by atoms with E-state index in [2.05, 4.69) is 24.9 Å². The van der Waals surface area contributed by atoms with E-state index in [1.807, 2.05) is 12.1 Å². The van der Waals surface area contributed by atoms with Gasteiger partial charge in [-0.25, -0.2) is 0 Å². The third-order valence-electron chi connectivity index (χ3n) is 5.33. The van der Waals surface area contributed by atoms with Crippen LogP contribution in [0.25, 0.3) is 0 Å². The molecule has 0 radical (unpaired) electrons. The van der Waals surface area contributed by atoms with E-state index in [4.69, 9.17) is 17.3 Å². The molecule has 4 atom stereocenters. The van der Waals surface area contributed by atoms with Gasteiger partial charge in [-0.15, -0.1) is 11.3 Å². The van der Waals surface area contributed by atoms with Crippen LogP contribution in [-0.4, -0.2) is 13.3 Å². The fraction of sp³-hybridized carbons (Fsp3) is 0.632. The minimum atomic E-state index is 0.643. The van der Waals surface area contributed by atoms with Crippen LogP contribution < -0.4 is 5.73 Å². The second-order valence-electron chi connectivity index (χ2n) is 6.96. The average molecular weight is 353 g/mol. The minimum Gasteiger partial charge on any atom is -0.402 e. The van der Waals surface area contributed by atoms with Crippen molar-refractivity contribution in [2.75, 3.05) is 7.05 Å². The highest BCUT2D eigenvalue weighted by Crippen LogP contribution is 2.45. The molecule has 2 rings (SSSR count). The Balaban J connectivity index is 2.05. The van der Waals surface area contributed by atoms with Gasteiger partial charge in [0.15, 0.2) is 0 Å².